The Hall–Kier alpha value is -1.07. The molecular formula is C13H20N2O2S. The Morgan fingerprint density at radius 2 is 2.17 bits per heavy atom. The van der Waals surface area contributed by atoms with Gasteiger partial charge in [0.25, 0.3) is 5.91 Å². The molecular weight excluding hydrogens is 248 g/mol. The fourth-order valence-electron chi connectivity index (χ4n) is 2.36. The summed E-state index contributed by atoms with van der Waals surface area (Å²) >= 11 is 1.47. The van der Waals surface area contributed by atoms with Gasteiger partial charge in [-0.05, 0) is 33.3 Å². The van der Waals surface area contributed by atoms with Crippen molar-refractivity contribution in [1.29, 1.82) is 0 Å². The van der Waals surface area contributed by atoms with Crippen LogP contribution >= 0.6 is 11.3 Å². The predicted molar refractivity (Wildman–Crippen MR) is 74.0 cm³/mol. The van der Waals surface area contributed by atoms with Crippen LogP contribution in [-0.4, -0.2) is 18.1 Å². The summed E-state index contributed by atoms with van der Waals surface area (Å²) in [5.41, 5.74) is 7.74. The molecule has 0 fully saturated rings. The number of nitrogens with two attached hydrogens (primary N) is 1. The van der Waals surface area contributed by atoms with E-state index in [1.165, 1.54) is 11.3 Å². The van der Waals surface area contributed by atoms with Crippen LogP contribution in [0.1, 0.15) is 54.6 Å². The van der Waals surface area contributed by atoms with Crippen molar-refractivity contribution in [3.05, 3.63) is 16.0 Å². The molecule has 1 amide bonds. The van der Waals surface area contributed by atoms with Gasteiger partial charge in [0, 0.05) is 17.3 Å². The molecule has 2 heterocycles. The first-order valence-corrected chi connectivity index (χ1v) is 7.09. The number of hydrogen-bond donors (Lipinski definition) is 2. The van der Waals surface area contributed by atoms with Crippen LogP contribution in [0.25, 0.3) is 0 Å². The maximum Gasteiger partial charge on any atom is 0.254 e. The number of nitrogen functional groups attached to an aromatic ring is 1. The molecule has 18 heavy (non-hydrogen) atoms. The third-order valence-corrected chi connectivity index (χ3v) is 4.23. The summed E-state index contributed by atoms with van der Waals surface area (Å²) in [6.45, 7) is 7.93. The topological polar surface area (TPSA) is 64.4 Å². The van der Waals surface area contributed by atoms with Crippen LogP contribution < -0.4 is 11.1 Å². The summed E-state index contributed by atoms with van der Waals surface area (Å²) in [5.74, 6) is -0.0682. The van der Waals surface area contributed by atoms with Gasteiger partial charge in [-0.25, -0.2) is 0 Å². The van der Waals surface area contributed by atoms with Gasteiger partial charge in [-0.1, -0.05) is 0 Å². The first-order chi connectivity index (χ1) is 8.40. The van der Waals surface area contributed by atoms with Crippen molar-refractivity contribution in [2.24, 2.45) is 0 Å². The van der Waals surface area contributed by atoms with Crippen LogP contribution in [0, 0.1) is 0 Å². The van der Waals surface area contributed by atoms with E-state index in [4.69, 9.17) is 10.5 Å². The highest BCUT2D eigenvalue weighted by Crippen LogP contribution is 2.41. The van der Waals surface area contributed by atoms with Crippen LogP contribution in [0.3, 0.4) is 0 Å². The van der Waals surface area contributed by atoms with E-state index in [0.717, 1.165) is 16.9 Å². The molecule has 4 nitrogen and oxygen atoms in total. The lowest BCUT2D eigenvalue weighted by Gasteiger charge is -2.26. The summed E-state index contributed by atoms with van der Waals surface area (Å²) in [4.78, 5) is 13.3. The third-order valence-electron chi connectivity index (χ3n) is 3.01. The summed E-state index contributed by atoms with van der Waals surface area (Å²) in [5, 5.41) is 3.51. The first-order valence-electron chi connectivity index (χ1n) is 6.27. The minimum atomic E-state index is -0.0682. The number of thiophene rings is 1. The molecule has 3 N–H and O–H groups in total. The fourth-order valence-corrected chi connectivity index (χ4v) is 3.45. The van der Waals surface area contributed by atoms with E-state index in [9.17, 15) is 4.79 Å². The largest absolute Gasteiger partial charge is 0.390 e. The highest BCUT2D eigenvalue weighted by atomic mass is 32.1. The van der Waals surface area contributed by atoms with Gasteiger partial charge in [-0.15, -0.1) is 11.3 Å². The highest BCUT2D eigenvalue weighted by Gasteiger charge is 2.30. The zero-order valence-corrected chi connectivity index (χ0v) is 12.1. The van der Waals surface area contributed by atoms with Gasteiger partial charge in [0.1, 0.15) is 0 Å². The number of rotatable bonds is 2. The van der Waals surface area contributed by atoms with Gasteiger partial charge in [-0.3, -0.25) is 4.79 Å². The first kappa shape index (κ1) is 13.4. The van der Waals surface area contributed by atoms with E-state index in [1.54, 1.807) is 0 Å². The SMILES string of the molecule is CC(C)NC(=O)c1c(N)sc2c1CC(C)OC2C. The number of hydrogen-bond acceptors (Lipinski definition) is 4. The Kier molecular flexibility index (Phi) is 3.64. The molecule has 5 heteroatoms. The van der Waals surface area contributed by atoms with E-state index in [1.807, 2.05) is 27.7 Å². The van der Waals surface area contributed by atoms with Crippen LogP contribution in [0.5, 0.6) is 0 Å². The molecule has 0 saturated carbocycles. The van der Waals surface area contributed by atoms with Crippen LogP contribution in [0.4, 0.5) is 5.00 Å². The average molecular weight is 268 g/mol. The number of carbonyl (C=O) groups is 1. The normalized spacial score (nSPS) is 22.9. The summed E-state index contributed by atoms with van der Waals surface area (Å²) in [6.07, 6.45) is 0.914. The molecule has 0 radical (unpaired) electrons. The van der Waals surface area contributed by atoms with E-state index in [-0.39, 0.29) is 24.2 Å². The van der Waals surface area contributed by atoms with E-state index in [2.05, 4.69) is 5.32 Å². The molecule has 1 aromatic rings. The number of fused-ring (bicyclic) bond motifs is 1. The predicted octanol–water partition coefficient (Wildman–Crippen LogP) is 2.49. The quantitative estimate of drug-likeness (QED) is 0.866. The smallest absolute Gasteiger partial charge is 0.254 e. The minimum absolute atomic E-state index is 0.0247. The van der Waals surface area contributed by atoms with Crippen molar-refractivity contribution >= 4 is 22.2 Å². The summed E-state index contributed by atoms with van der Waals surface area (Å²) < 4.78 is 5.76. The van der Waals surface area contributed by atoms with Crippen molar-refractivity contribution in [2.45, 2.75) is 52.4 Å². The Balaban J connectivity index is 2.40. The number of amides is 1. The average Bonchev–Trinajstić information content (AvgIpc) is 2.53. The van der Waals surface area contributed by atoms with Crippen molar-refractivity contribution < 1.29 is 9.53 Å². The molecule has 1 aromatic heterocycles. The lowest BCUT2D eigenvalue weighted by Crippen LogP contribution is -2.32. The second kappa shape index (κ2) is 4.90. The van der Waals surface area contributed by atoms with Crippen LogP contribution in [-0.2, 0) is 11.2 Å². The molecule has 0 spiro atoms. The second-order valence-corrected chi connectivity index (χ2v) is 6.19. The standard InChI is InChI=1S/C13H20N2O2S/c1-6(2)15-13(16)10-9-5-7(3)17-8(4)11(9)18-12(10)14/h6-8H,5,14H2,1-4H3,(H,15,16). The van der Waals surface area contributed by atoms with Crippen molar-refractivity contribution in [1.82, 2.24) is 5.32 Å². The number of anilines is 1. The number of carbonyl (C=O) groups excluding carboxylic acids is 1. The number of ether oxygens (including phenoxy) is 1. The van der Waals surface area contributed by atoms with Crippen molar-refractivity contribution in [3.63, 3.8) is 0 Å². The van der Waals surface area contributed by atoms with Crippen LogP contribution in [0.2, 0.25) is 0 Å². The molecule has 1 aliphatic rings. The van der Waals surface area contributed by atoms with Gasteiger partial charge < -0.3 is 15.8 Å². The Labute approximate surface area is 112 Å². The zero-order valence-electron chi connectivity index (χ0n) is 11.2. The molecule has 100 valence electrons. The number of nitrogens with one attached hydrogen (secondary N) is 1. The molecule has 0 aliphatic carbocycles. The third kappa shape index (κ3) is 2.37. The second-order valence-electron chi connectivity index (χ2n) is 5.11. The van der Waals surface area contributed by atoms with Gasteiger partial charge in [0.2, 0.25) is 0 Å². The molecule has 0 aromatic carbocycles. The zero-order chi connectivity index (χ0) is 13.4. The molecule has 0 bridgehead atoms. The summed E-state index contributed by atoms with van der Waals surface area (Å²) in [7, 11) is 0. The minimum Gasteiger partial charge on any atom is -0.390 e. The van der Waals surface area contributed by atoms with E-state index in [0.29, 0.717) is 10.6 Å². The molecule has 2 rings (SSSR count). The monoisotopic (exact) mass is 268 g/mol. The molecule has 2 unspecified atom stereocenters. The maximum absolute atomic E-state index is 12.2. The highest BCUT2D eigenvalue weighted by molar-refractivity contribution is 7.16. The van der Waals surface area contributed by atoms with Crippen molar-refractivity contribution in [3.8, 4) is 0 Å². The fraction of sp³-hybridized carbons (Fsp3) is 0.615. The van der Waals surface area contributed by atoms with Crippen LogP contribution in [0.15, 0.2) is 0 Å². The lowest BCUT2D eigenvalue weighted by atomic mass is 9.98. The van der Waals surface area contributed by atoms with Crippen molar-refractivity contribution in [2.75, 3.05) is 5.73 Å². The van der Waals surface area contributed by atoms with E-state index < -0.39 is 0 Å². The van der Waals surface area contributed by atoms with Gasteiger partial charge >= 0.3 is 0 Å². The Bertz CT molecular complexity index is 468. The lowest BCUT2D eigenvalue weighted by molar-refractivity contribution is -0.00228. The molecule has 1 aliphatic heterocycles. The van der Waals surface area contributed by atoms with Gasteiger partial charge in [-0.2, -0.15) is 0 Å². The van der Waals surface area contributed by atoms with Gasteiger partial charge in [0.15, 0.2) is 0 Å². The molecule has 0 saturated heterocycles. The van der Waals surface area contributed by atoms with E-state index >= 15 is 0 Å². The maximum atomic E-state index is 12.2. The molecule has 2 atom stereocenters. The Morgan fingerprint density at radius 3 is 2.78 bits per heavy atom. The Morgan fingerprint density at radius 1 is 1.50 bits per heavy atom. The summed E-state index contributed by atoms with van der Waals surface area (Å²) in [6, 6.07) is 0.113. The van der Waals surface area contributed by atoms with Gasteiger partial charge in [0.05, 0.1) is 22.8 Å².